The molecule has 2 N–H and O–H groups in total. The van der Waals surface area contributed by atoms with Gasteiger partial charge in [0.25, 0.3) is 0 Å². The minimum Gasteiger partial charge on any atom is -0.348 e. The zero-order valence-corrected chi connectivity index (χ0v) is 13.6. The van der Waals surface area contributed by atoms with E-state index in [2.05, 4.69) is 26.6 Å². The predicted molar refractivity (Wildman–Crippen MR) is 87.0 cm³/mol. The molecule has 2 rings (SSSR count). The summed E-state index contributed by atoms with van der Waals surface area (Å²) >= 11 is 3.33. The fraction of sp³-hybridized carbons (Fsp3) is 0.500. The third-order valence-electron chi connectivity index (χ3n) is 3.89. The number of amides is 2. The van der Waals surface area contributed by atoms with Gasteiger partial charge >= 0.3 is 11.8 Å². The van der Waals surface area contributed by atoms with Gasteiger partial charge in [-0.2, -0.15) is 0 Å². The molecule has 0 radical (unpaired) electrons. The van der Waals surface area contributed by atoms with Gasteiger partial charge in [-0.15, -0.1) is 0 Å². The van der Waals surface area contributed by atoms with Gasteiger partial charge in [0, 0.05) is 11.0 Å². The van der Waals surface area contributed by atoms with E-state index in [0.717, 1.165) is 10.9 Å². The fourth-order valence-corrected chi connectivity index (χ4v) is 3.07. The molecule has 0 unspecified atom stereocenters. The number of halogens is 1. The molecule has 114 valence electrons. The van der Waals surface area contributed by atoms with Crippen molar-refractivity contribution in [2.75, 3.05) is 11.9 Å². The van der Waals surface area contributed by atoms with Crippen LogP contribution in [0.4, 0.5) is 5.69 Å². The Morgan fingerprint density at radius 2 is 1.81 bits per heavy atom. The highest BCUT2D eigenvalue weighted by Crippen LogP contribution is 2.25. The van der Waals surface area contributed by atoms with Crippen molar-refractivity contribution in [3.63, 3.8) is 0 Å². The maximum atomic E-state index is 11.8. The average molecular weight is 353 g/mol. The first kappa shape index (κ1) is 16.0. The van der Waals surface area contributed by atoms with E-state index in [9.17, 15) is 9.59 Å². The lowest BCUT2D eigenvalue weighted by Gasteiger charge is -2.21. The van der Waals surface area contributed by atoms with Crippen LogP contribution in [0.5, 0.6) is 0 Å². The van der Waals surface area contributed by atoms with E-state index in [1.165, 1.54) is 32.1 Å². The van der Waals surface area contributed by atoms with Crippen LogP contribution in [0.15, 0.2) is 28.7 Å². The summed E-state index contributed by atoms with van der Waals surface area (Å²) in [4.78, 5) is 23.6. The van der Waals surface area contributed by atoms with Gasteiger partial charge in [-0.3, -0.25) is 9.59 Å². The Morgan fingerprint density at radius 3 is 2.52 bits per heavy atom. The van der Waals surface area contributed by atoms with E-state index in [-0.39, 0.29) is 0 Å². The van der Waals surface area contributed by atoms with Gasteiger partial charge in [-0.25, -0.2) is 0 Å². The predicted octanol–water partition coefficient (Wildman–Crippen LogP) is 3.47. The third-order valence-corrected chi connectivity index (χ3v) is 4.58. The van der Waals surface area contributed by atoms with E-state index >= 15 is 0 Å². The molecule has 0 heterocycles. The van der Waals surface area contributed by atoms with Crippen LogP contribution in [0, 0.1) is 5.92 Å². The second kappa shape index (κ2) is 8.17. The molecule has 1 fully saturated rings. The smallest absolute Gasteiger partial charge is 0.313 e. The molecule has 1 aliphatic rings. The molecule has 1 aromatic carbocycles. The summed E-state index contributed by atoms with van der Waals surface area (Å²) < 4.78 is 0.758. The molecule has 2 amide bonds. The van der Waals surface area contributed by atoms with Crippen molar-refractivity contribution in [1.82, 2.24) is 5.32 Å². The number of carbonyl (C=O) groups is 2. The quantitative estimate of drug-likeness (QED) is 0.815. The monoisotopic (exact) mass is 352 g/mol. The lowest BCUT2D eigenvalue weighted by Crippen LogP contribution is -2.36. The van der Waals surface area contributed by atoms with Crippen LogP contribution in [0.25, 0.3) is 0 Å². The first-order valence-electron chi connectivity index (χ1n) is 7.50. The van der Waals surface area contributed by atoms with Crippen LogP contribution in [0.2, 0.25) is 0 Å². The summed E-state index contributed by atoms with van der Waals surface area (Å²) in [5.74, 6) is -0.488. The summed E-state index contributed by atoms with van der Waals surface area (Å²) in [5, 5.41) is 5.30. The minimum absolute atomic E-state index is 0.568. The number of rotatable bonds is 4. The Balaban J connectivity index is 1.72. The van der Waals surface area contributed by atoms with Crippen molar-refractivity contribution >= 4 is 33.4 Å². The summed E-state index contributed by atoms with van der Waals surface area (Å²) in [6.45, 7) is 0.576. The van der Waals surface area contributed by atoms with Gasteiger partial charge in [-0.05, 0) is 40.4 Å². The van der Waals surface area contributed by atoms with Crippen molar-refractivity contribution in [3.05, 3.63) is 28.7 Å². The van der Waals surface area contributed by atoms with Crippen LogP contribution < -0.4 is 10.6 Å². The molecule has 0 spiro atoms. The summed E-state index contributed by atoms with van der Waals surface area (Å²) in [6.07, 6.45) is 7.38. The Labute approximate surface area is 133 Å². The second-order valence-corrected chi connectivity index (χ2v) is 6.34. The number of hydrogen-bond donors (Lipinski definition) is 2. The van der Waals surface area contributed by atoms with Crippen molar-refractivity contribution in [2.45, 2.75) is 38.5 Å². The van der Waals surface area contributed by atoms with Crippen molar-refractivity contribution in [2.24, 2.45) is 5.92 Å². The molecule has 0 saturated heterocycles. The van der Waals surface area contributed by atoms with Crippen molar-refractivity contribution in [3.8, 4) is 0 Å². The Kier molecular flexibility index (Phi) is 6.23. The lowest BCUT2D eigenvalue weighted by molar-refractivity contribution is -0.136. The molecule has 21 heavy (non-hydrogen) atoms. The maximum Gasteiger partial charge on any atom is 0.313 e. The van der Waals surface area contributed by atoms with Crippen molar-refractivity contribution in [1.29, 1.82) is 0 Å². The minimum atomic E-state index is -0.620. The molecule has 0 aliphatic heterocycles. The second-order valence-electron chi connectivity index (χ2n) is 5.48. The molecule has 0 aromatic heterocycles. The van der Waals surface area contributed by atoms with E-state index in [4.69, 9.17) is 0 Å². The highest BCUT2D eigenvalue weighted by atomic mass is 79.9. The largest absolute Gasteiger partial charge is 0.348 e. The van der Waals surface area contributed by atoms with Crippen LogP contribution in [-0.2, 0) is 9.59 Å². The Hall–Kier alpha value is -1.36. The molecule has 1 aliphatic carbocycles. The van der Waals surface area contributed by atoms with E-state index in [0.29, 0.717) is 18.2 Å². The van der Waals surface area contributed by atoms with E-state index < -0.39 is 11.8 Å². The Morgan fingerprint density at radius 1 is 1.10 bits per heavy atom. The highest BCUT2D eigenvalue weighted by Gasteiger charge is 2.16. The fourth-order valence-electron chi connectivity index (χ4n) is 2.69. The number of nitrogens with one attached hydrogen (secondary N) is 2. The van der Waals surface area contributed by atoms with Gasteiger partial charge in [-0.1, -0.05) is 44.2 Å². The molecule has 5 heteroatoms. The summed E-state index contributed by atoms with van der Waals surface area (Å²) in [5.41, 5.74) is 0.602. The maximum absolute atomic E-state index is 11.8. The summed E-state index contributed by atoms with van der Waals surface area (Å²) in [7, 11) is 0. The first-order valence-corrected chi connectivity index (χ1v) is 8.30. The third kappa shape index (κ3) is 5.16. The van der Waals surface area contributed by atoms with E-state index in [1.807, 2.05) is 12.1 Å². The molecular weight excluding hydrogens is 332 g/mol. The number of carbonyl (C=O) groups excluding carboxylic acids is 2. The molecule has 0 atom stereocenters. The van der Waals surface area contributed by atoms with Crippen LogP contribution in [0.3, 0.4) is 0 Å². The Bertz CT molecular complexity index is 499. The van der Waals surface area contributed by atoms with Gasteiger partial charge in [0.05, 0.1) is 5.69 Å². The molecule has 1 aromatic rings. The number of hydrogen-bond acceptors (Lipinski definition) is 2. The van der Waals surface area contributed by atoms with Crippen LogP contribution >= 0.6 is 15.9 Å². The lowest BCUT2D eigenvalue weighted by atomic mass is 9.87. The zero-order chi connectivity index (χ0) is 15.1. The topological polar surface area (TPSA) is 58.2 Å². The normalized spacial score (nSPS) is 15.5. The van der Waals surface area contributed by atoms with Gasteiger partial charge in [0.2, 0.25) is 0 Å². The number of anilines is 1. The van der Waals surface area contributed by atoms with Gasteiger partial charge in [0.15, 0.2) is 0 Å². The molecular formula is C16H21BrN2O2. The first-order chi connectivity index (χ1) is 10.2. The van der Waals surface area contributed by atoms with Gasteiger partial charge in [0.1, 0.15) is 0 Å². The number of para-hydroxylation sites is 1. The zero-order valence-electron chi connectivity index (χ0n) is 12.0. The highest BCUT2D eigenvalue weighted by molar-refractivity contribution is 9.10. The molecule has 0 bridgehead atoms. The van der Waals surface area contributed by atoms with Crippen LogP contribution in [-0.4, -0.2) is 18.4 Å². The molecule has 1 saturated carbocycles. The standard InChI is InChI=1S/C16H21BrN2O2/c17-13-8-4-5-9-14(13)19-16(21)15(20)18-11-10-12-6-2-1-3-7-12/h4-5,8-9,12H,1-3,6-7,10-11H2,(H,18,20)(H,19,21). The van der Waals surface area contributed by atoms with Crippen LogP contribution in [0.1, 0.15) is 38.5 Å². The average Bonchev–Trinajstić information content (AvgIpc) is 2.50. The molecule has 4 nitrogen and oxygen atoms in total. The summed E-state index contributed by atoms with van der Waals surface area (Å²) in [6, 6.07) is 7.22. The van der Waals surface area contributed by atoms with E-state index in [1.54, 1.807) is 12.1 Å². The van der Waals surface area contributed by atoms with Gasteiger partial charge < -0.3 is 10.6 Å². The SMILES string of the molecule is O=C(NCCC1CCCCC1)C(=O)Nc1ccccc1Br. The number of benzene rings is 1. The van der Waals surface area contributed by atoms with Crippen molar-refractivity contribution < 1.29 is 9.59 Å².